The van der Waals surface area contributed by atoms with Crippen LogP contribution in [-0.2, 0) is 14.3 Å². The number of nitrogens with one attached hydrogen (secondary N) is 1. The number of carbonyl (C=O) groups is 1. The molecule has 3 N–H and O–H groups in total. The topological polar surface area (TPSA) is 100 Å². The molecule has 1 aromatic rings. The standard InChI is InChI=1S/C24H41BN2O5S/c28-24(9-7-5-3-1-2-4-6-8-20-33)27-15-17-32-19-18-31-16-14-26-21-22-10-12-23(13-11-22)25(29)30/h10-13,21,29-30,33H,1-9,14-20H2,(H,27,28). The molecular formula is C24H41BN2O5S. The molecule has 1 rings (SSSR count). The Kier molecular flexibility index (Phi) is 19.0. The van der Waals surface area contributed by atoms with Crippen molar-refractivity contribution in [3.8, 4) is 0 Å². The first-order valence-electron chi connectivity index (χ1n) is 12.1. The lowest BCUT2D eigenvalue weighted by atomic mass is 9.80. The molecule has 0 heterocycles. The van der Waals surface area contributed by atoms with E-state index in [0.717, 1.165) is 24.2 Å². The second kappa shape index (κ2) is 21.2. The minimum Gasteiger partial charge on any atom is -0.423 e. The third-order valence-electron chi connectivity index (χ3n) is 5.09. The summed E-state index contributed by atoms with van der Waals surface area (Å²) >= 11 is 4.22. The maximum absolute atomic E-state index is 11.8. The summed E-state index contributed by atoms with van der Waals surface area (Å²) in [6.07, 6.45) is 12.0. The SMILES string of the molecule is O=C(CCCCCCCCCCS)NCCOCCOCCN=Cc1ccc(B(O)O)cc1. The van der Waals surface area contributed by atoms with Crippen LogP contribution in [0.2, 0.25) is 0 Å². The Hall–Kier alpha value is -1.39. The molecule has 1 amide bonds. The molecule has 186 valence electrons. The van der Waals surface area contributed by atoms with Crippen molar-refractivity contribution in [3.63, 3.8) is 0 Å². The molecule has 0 aromatic heterocycles. The van der Waals surface area contributed by atoms with Crippen molar-refractivity contribution in [2.24, 2.45) is 4.99 Å². The Morgan fingerprint density at radius 3 is 2.15 bits per heavy atom. The van der Waals surface area contributed by atoms with Crippen LogP contribution in [0.3, 0.4) is 0 Å². The van der Waals surface area contributed by atoms with Gasteiger partial charge in [0.2, 0.25) is 5.91 Å². The zero-order valence-corrected chi connectivity index (χ0v) is 20.7. The van der Waals surface area contributed by atoms with Gasteiger partial charge < -0.3 is 24.8 Å². The van der Waals surface area contributed by atoms with Gasteiger partial charge in [-0.3, -0.25) is 9.79 Å². The van der Waals surface area contributed by atoms with Crippen molar-refractivity contribution < 1.29 is 24.3 Å². The number of unbranched alkanes of at least 4 members (excludes halogenated alkanes) is 7. The van der Waals surface area contributed by atoms with Crippen LogP contribution in [0.15, 0.2) is 29.3 Å². The first-order valence-corrected chi connectivity index (χ1v) is 12.8. The van der Waals surface area contributed by atoms with E-state index in [-0.39, 0.29) is 5.91 Å². The number of hydrogen-bond acceptors (Lipinski definition) is 7. The van der Waals surface area contributed by atoms with E-state index in [1.807, 2.05) is 0 Å². The van der Waals surface area contributed by atoms with Crippen molar-refractivity contribution in [2.75, 3.05) is 45.3 Å². The van der Waals surface area contributed by atoms with Crippen LogP contribution in [0.5, 0.6) is 0 Å². The molecule has 0 aliphatic rings. The molecule has 9 heteroatoms. The van der Waals surface area contributed by atoms with Crippen LogP contribution in [0.25, 0.3) is 0 Å². The van der Waals surface area contributed by atoms with Gasteiger partial charge in [-0.05, 0) is 29.6 Å². The number of amides is 1. The molecule has 1 aromatic carbocycles. The van der Waals surface area contributed by atoms with Crippen LogP contribution in [0.4, 0.5) is 0 Å². The summed E-state index contributed by atoms with van der Waals surface area (Å²) < 4.78 is 10.9. The molecule has 0 fully saturated rings. The predicted octanol–water partition coefficient (Wildman–Crippen LogP) is 2.38. The third-order valence-corrected chi connectivity index (χ3v) is 5.41. The Morgan fingerprint density at radius 2 is 1.52 bits per heavy atom. The first-order chi connectivity index (χ1) is 16.1. The fourth-order valence-electron chi connectivity index (χ4n) is 3.17. The van der Waals surface area contributed by atoms with Crippen molar-refractivity contribution in [2.45, 2.75) is 57.8 Å². The molecule has 0 bridgehead atoms. The summed E-state index contributed by atoms with van der Waals surface area (Å²) in [7, 11) is -1.45. The van der Waals surface area contributed by atoms with E-state index in [0.29, 0.717) is 51.4 Å². The van der Waals surface area contributed by atoms with Gasteiger partial charge in [0.05, 0.1) is 33.0 Å². The van der Waals surface area contributed by atoms with E-state index in [1.54, 1.807) is 30.5 Å². The summed E-state index contributed by atoms with van der Waals surface area (Å²) in [5.74, 6) is 1.09. The number of thiol groups is 1. The van der Waals surface area contributed by atoms with Gasteiger partial charge in [0.15, 0.2) is 0 Å². The fourth-order valence-corrected chi connectivity index (χ4v) is 3.40. The van der Waals surface area contributed by atoms with E-state index in [4.69, 9.17) is 19.5 Å². The second-order valence-corrected chi connectivity index (χ2v) is 8.40. The third kappa shape index (κ3) is 17.7. The number of aliphatic imine (C=N–C) groups is 1. The molecule has 0 saturated heterocycles. The average molecular weight is 480 g/mol. The molecule has 0 aliphatic heterocycles. The number of rotatable bonds is 21. The summed E-state index contributed by atoms with van der Waals surface area (Å²) in [5, 5.41) is 21.0. The maximum atomic E-state index is 11.8. The fraction of sp³-hybridized carbons (Fsp3) is 0.667. The van der Waals surface area contributed by atoms with Crippen LogP contribution in [0, 0.1) is 0 Å². The summed E-state index contributed by atoms with van der Waals surface area (Å²) in [5.41, 5.74) is 1.34. The van der Waals surface area contributed by atoms with Crippen molar-refractivity contribution >= 4 is 37.3 Å². The highest BCUT2D eigenvalue weighted by Gasteiger charge is 2.09. The molecule has 0 unspecified atom stereocenters. The highest BCUT2D eigenvalue weighted by atomic mass is 32.1. The number of ether oxygens (including phenoxy) is 2. The van der Waals surface area contributed by atoms with Crippen LogP contribution < -0.4 is 10.8 Å². The average Bonchev–Trinajstić information content (AvgIpc) is 2.81. The number of hydrogen-bond donors (Lipinski definition) is 4. The van der Waals surface area contributed by atoms with E-state index in [2.05, 4.69) is 22.9 Å². The lowest BCUT2D eigenvalue weighted by Gasteiger charge is -2.07. The van der Waals surface area contributed by atoms with Gasteiger partial charge in [0, 0.05) is 19.2 Å². The predicted molar refractivity (Wildman–Crippen MR) is 139 cm³/mol. The van der Waals surface area contributed by atoms with Gasteiger partial charge in [-0.2, -0.15) is 12.6 Å². The van der Waals surface area contributed by atoms with E-state index in [9.17, 15) is 4.79 Å². The van der Waals surface area contributed by atoms with E-state index < -0.39 is 7.12 Å². The van der Waals surface area contributed by atoms with Crippen molar-refractivity contribution in [3.05, 3.63) is 29.8 Å². The number of nitrogens with zero attached hydrogens (tertiary/aromatic N) is 1. The van der Waals surface area contributed by atoms with Gasteiger partial charge >= 0.3 is 7.12 Å². The van der Waals surface area contributed by atoms with Gasteiger partial charge in [0.1, 0.15) is 0 Å². The molecule has 0 atom stereocenters. The minimum atomic E-state index is -1.45. The van der Waals surface area contributed by atoms with Gasteiger partial charge in [-0.25, -0.2) is 0 Å². The summed E-state index contributed by atoms with van der Waals surface area (Å²) in [4.78, 5) is 16.1. The lowest BCUT2D eigenvalue weighted by molar-refractivity contribution is -0.121. The zero-order chi connectivity index (χ0) is 24.0. The molecule has 7 nitrogen and oxygen atoms in total. The molecule has 0 radical (unpaired) electrons. The Morgan fingerprint density at radius 1 is 0.909 bits per heavy atom. The maximum Gasteiger partial charge on any atom is 0.488 e. The Bertz CT molecular complexity index is 632. The van der Waals surface area contributed by atoms with Gasteiger partial charge in [-0.1, -0.05) is 62.8 Å². The highest BCUT2D eigenvalue weighted by Crippen LogP contribution is 2.09. The minimum absolute atomic E-state index is 0.101. The van der Waals surface area contributed by atoms with Crippen molar-refractivity contribution in [1.82, 2.24) is 5.32 Å². The smallest absolute Gasteiger partial charge is 0.423 e. The number of benzene rings is 1. The van der Waals surface area contributed by atoms with Crippen LogP contribution >= 0.6 is 12.6 Å². The molecule has 0 spiro atoms. The van der Waals surface area contributed by atoms with E-state index >= 15 is 0 Å². The number of carbonyl (C=O) groups excluding carboxylic acids is 1. The quantitative estimate of drug-likeness (QED) is 0.0937. The molecule has 33 heavy (non-hydrogen) atoms. The lowest BCUT2D eigenvalue weighted by Crippen LogP contribution is -2.29. The Labute approximate surface area is 204 Å². The molecular weight excluding hydrogens is 439 g/mol. The first kappa shape index (κ1) is 29.6. The van der Waals surface area contributed by atoms with Gasteiger partial charge in [-0.15, -0.1) is 0 Å². The second-order valence-electron chi connectivity index (χ2n) is 7.95. The highest BCUT2D eigenvalue weighted by molar-refractivity contribution is 7.80. The van der Waals surface area contributed by atoms with Crippen LogP contribution in [-0.4, -0.2) is 74.6 Å². The summed E-state index contributed by atoms with van der Waals surface area (Å²) in [6, 6.07) is 6.86. The van der Waals surface area contributed by atoms with E-state index in [1.165, 1.54) is 38.5 Å². The normalized spacial score (nSPS) is 11.2. The van der Waals surface area contributed by atoms with Crippen LogP contribution in [0.1, 0.15) is 63.4 Å². The Balaban J connectivity index is 1.84. The zero-order valence-electron chi connectivity index (χ0n) is 19.8. The molecule has 0 aliphatic carbocycles. The largest absolute Gasteiger partial charge is 0.488 e. The van der Waals surface area contributed by atoms with Gasteiger partial charge in [0.25, 0.3) is 0 Å². The monoisotopic (exact) mass is 480 g/mol. The summed E-state index contributed by atoms with van der Waals surface area (Å²) in [6.45, 7) is 3.02. The molecule has 0 saturated carbocycles. The van der Waals surface area contributed by atoms with Crippen molar-refractivity contribution in [1.29, 1.82) is 0 Å².